The average Bonchev–Trinajstić information content (AvgIpc) is 2.59. The molecule has 1 heteroatoms. The molecule has 0 saturated heterocycles. The van der Waals surface area contributed by atoms with Crippen LogP contribution < -0.4 is 4.74 Å². The summed E-state index contributed by atoms with van der Waals surface area (Å²) in [6.07, 6.45) is 1.45. The van der Waals surface area contributed by atoms with Crippen LogP contribution in [0.1, 0.15) is 44.7 Å². The lowest BCUT2D eigenvalue weighted by molar-refractivity contribution is 0.178. The maximum Gasteiger partial charge on any atom is 0.123 e. The molecule has 82 valence electrons. The van der Waals surface area contributed by atoms with Gasteiger partial charge in [-0.2, -0.15) is 0 Å². The van der Waals surface area contributed by atoms with Gasteiger partial charge in [-0.05, 0) is 29.0 Å². The van der Waals surface area contributed by atoms with E-state index in [1.807, 2.05) is 0 Å². The molecule has 1 aliphatic heterocycles. The van der Waals surface area contributed by atoms with Crippen molar-refractivity contribution in [3.05, 3.63) is 29.3 Å². The summed E-state index contributed by atoms with van der Waals surface area (Å²) in [4.78, 5) is 0. The largest absolute Gasteiger partial charge is 0.490 e. The molecule has 1 aromatic carbocycles. The van der Waals surface area contributed by atoms with E-state index < -0.39 is 0 Å². The Morgan fingerprint density at radius 1 is 1.20 bits per heavy atom. The predicted octanol–water partition coefficient (Wildman–Crippen LogP) is 3.77. The zero-order valence-corrected chi connectivity index (χ0v) is 10.1. The second-order valence-electron chi connectivity index (χ2n) is 5.13. The Morgan fingerprint density at radius 2 is 1.93 bits per heavy atom. The highest BCUT2D eigenvalue weighted by molar-refractivity contribution is 5.41. The highest BCUT2D eigenvalue weighted by Crippen LogP contribution is 2.33. The minimum absolute atomic E-state index is 0.377. The van der Waals surface area contributed by atoms with Gasteiger partial charge in [0, 0.05) is 6.42 Å². The number of hydrogen-bond donors (Lipinski definition) is 0. The predicted molar refractivity (Wildman–Crippen MR) is 63.5 cm³/mol. The Labute approximate surface area is 92.5 Å². The quantitative estimate of drug-likeness (QED) is 0.712. The van der Waals surface area contributed by atoms with E-state index in [1.54, 1.807) is 0 Å². The number of hydrogen-bond acceptors (Lipinski definition) is 1. The standard InChI is InChI=1S/C14H20O/c1-9(2)11-5-6-12-8-13(10(3)4)15-14(12)7-11/h5-7,9-10,13H,8H2,1-4H3. The first-order valence-corrected chi connectivity index (χ1v) is 5.87. The van der Waals surface area contributed by atoms with E-state index in [2.05, 4.69) is 45.9 Å². The molecular formula is C14H20O. The molecule has 1 atom stereocenters. The normalized spacial score (nSPS) is 19.5. The summed E-state index contributed by atoms with van der Waals surface area (Å²) in [6, 6.07) is 6.67. The van der Waals surface area contributed by atoms with Crippen LogP contribution in [0.15, 0.2) is 18.2 Å². The summed E-state index contributed by atoms with van der Waals surface area (Å²) < 4.78 is 5.96. The molecule has 0 aromatic heterocycles. The van der Waals surface area contributed by atoms with Crippen molar-refractivity contribution in [1.29, 1.82) is 0 Å². The Hall–Kier alpha value is -0.980. The molecular weight excluding hydrogens is 184 g/mol. The molecule has 15 heavy (non-hydrogen) atoms. The average molecular weight is 204 g/mol. The second kappa shape index (κ2) is 3.88. The third kappa shape index (κ3) is 2.01. The van der Waals surface area contributed by atoms with Crippen molar-refractivity contribution in [2.45, 2.75) is 46.1 Å². The van der Waals surface area contributed by atoms with Crippen LogP contribution in [0.2, 0.25) is 0 Å². The zero-order chi connectivity index (χ0) is 11.0. The van der Waals surface area contributed by atoms with Crippen LogP contribution in [0.3, 0.4) is 0 Å². The summed E-state index contributed by atoms with van der Waals surface area (Å²) in [5.74, 6) is 2.29. The Balaban J connectivity index is 2.24. The molecule has 1 nitrogen and oxygen atoms in total. The van der Waals surface area contributed by atoms with E-state index in [9.17, 15) is 0 Å². The van der Waals surface area contributed by atoms with Crippen molar-refractivity contribution in [3.8, 4) is 5.75 Å². The third-order valence-corrected chi connectivity index (χ3v) is 3.20. The topological polar surface area (TPSA) is 9.23 Å². The van der Waals surface area contributed by atoms with E-state index >= 15 is 0 Å². The van der Waals surface area contributed by atoms with Crippen LogP contribution in [-0.2, 0) is 6.42 Å². The van der Waals surface area contributed by atoms with E-state index in [4.69, 9.17) is 4.74 Å². The van der Waals surface area contributed by atoms with Crippen LogP contribution in [0.4, 0.5) is 0 Å². The summed E-state index contributed by atoms with van der Waals surface area (Å²) in [5.41, 5.74) is 2.75. The molecule has 2 rings (SSSR count). The molecule has 1 aromatic rings. The first-order chi connectivity index (χ1) is 7.08. The van der Waals surface area contributed by atoms with Gasteiger partial charge in [-0.1, -0.05) is 39.8 Å². The maximum absolute atomic E-state index is 5.96. The van der Waals surface area contributed by atoms with E-state index in [0.29, 0.717) is 17.9 Å². The van der Waals surface area contributed by atoms with Crippen LogP contribution in [0.5, 0.6) is 5.75 Å². The van der Waals surface area contributed by atoms with Crippen molar-refractivity contribution in [2.75, 3.05) is 0 Å². The molecule has 1 aliphatic rings. The van der Waals surface area contributed by atoms with Crippen molar-refractivity contribution < 1.29 is 4.74 Å². The molecule has 0 aliphatic carbocycles. The highest BCUT2D eigenvalue weighted by Gasteiger charge is 2.25. The van der Waals surface area contributed by atoms with Crippen LogP contribution in [-0.4, -0.2) is 6.10 Å². The fourth-order valence-corrected chi connectivity index (χ4v) is 2.00. The van der Waals surface area contributed by atoms with Gasteiger partial charge in [-0.15, -0.1) is 0 Å². The lowest BCUT2D eigenvalue weighted by Crippen LogP contribution is -2.19. The van der Waals surface area contributed by atoms with Gasteiger partial charge in [-0.25, -0.2) is 0 Å². The fraction of sp³-hybridized carbons (Fsp3) is 0.571. The molecule has 0 bridgehead atoms. The molecule has 0 radical (unpaired) electrons. The summed E-state index contributed by atoms with van der Waals surface area (Å²) in [6.45, 7) is 8.88. The Morgan fingerprint density at radius 3 is 2.53 bits per heavy atom. The van der Waals surface area contributed by atoms with Crippen molar-refractivity contribution in [3.63, 3.8) is 0 Å². The van der Waals surface area contributed by atoms with E-state index in [1.165, 1.54) is 11.1 Å². The van der Waals surface area contributed by atoms with Gasteiger partial charge in [0.25, 0.3) is 0 Å². The fourth-order valence-electron chi connectivity index (χ4n) is 2.00. The maximum atomic E-state index is 5.96. The summed E-state index contributed by atoms with van der Waals surface area (Å²) in [7, 11) is 0. The monoisotopic (exact) mass is 204 g/mol. The number of benzene rings is 1. The van der Waals surface area contributed by atoms with Gasteiger partial charge >= 0.3 is 0 Å². The number of rotatable bonds is 2. The molecule has 0 fully saturated rings. The van der Waals surface area contributed by atoms with Crippen LogP contribution >= 0.6 is 0 Å². The molecule has 0 amide bonds. The van der Waals surface area contributed by atoms with Gasteiger partial charge < -0.3 is 4.74 Å². The van der Waals surface area contributed by atoms with Crippen LogP contribution in [0, 0.1) is 5.92 Å². The first kappa shape index (κ1) is 10.5. The molecule has 1 heterocycles. The molecule has 0 saturated carbocycles. The minimum Gasteiger partial charge on any atom is -0.490 e. The third-order valence-electron chi connectivity index (χ3n) is 3.20. The smallest absolute Gasteiger partial charge is 0.123 e. The van der Waals surface area contributed by atoms with Gasteiger partial charge in [0.2, 0.25) is 0 Å². The number of ether oxygens (including phenoxy) is 1. The molecule has 1 unspecified atom stereocenters. The Kier molecular flexibility index (Phi) is 2.72. The lowest BCUT2D eigenvalue weighted by atomic mass is 9.98. The van der Waals surface area contributed by atoms with E-state index in [-0.39, 0.29) is 0 Å². The van der Waals surface area contributed by atoms with Gasteiger partial charge in [0.1, 0.15) is 11.9 Å². The Bertz CT molecular complexity index is 352. The molecule has 0 spiro atoms. The minimum atomic E-state index is 0.377. The number of fused-ring (bicyclic) bond motifs is 1. The first-order valence-electron chi connectivity index (χ1n) is 5.87. The lowest BCUT2D eigenvalue weighted by Gasteiger charge is -2.14. The van der Waals surface area contributed by atoms with Crippen LogP contribution in [0.25, 0.3) is 0 Å². The second-order valence-corrected chi connectivity index (χ2v) is 5.13. The zero-order valence-electron chi connectivity index (χ0n) is 10.1. The van der Waals surface area contributed by atoms with Gasteiger partial charge in [0.15, 0.2) is 0 Å². The van der Waals surface area contributed by atoms with Crippen molar-refractivity contribution in [2.24, 2.45) is 5.92 Å². The molecule has 0 N–H and O–H groups in total. The van der Waals surface area contributed by atoms with E-state index in [0.717, 1.165) is 12.2 Å². The van der Waals surface area contributed by atoms with Crippen molar-refractivity contribution in [1.82, 2.24) is 0 Å². The van der Waals surface area contributed by atoms with Gasteiger partial charge in [0.05, 0.1) is 0 Å². The highest BCUT2D eigenvalue weighted by atomic mass is 16.5. The SMILES string of the molecule is CC(C)c1ccc2c(c1)OC(C(C)C)C2. The van der Waals surface area contributed by atoms with Crippen molar-refractivity contribution >= 4 is 0 Å². The summed E-state index contributed by atoms with van der Waals surface area (Å²) >= 11 is 0. The summed E-state index contributed by atoms with van der Waals surface area (Å²) in [5, 5.41) is 0. The van der Waals surface area contributed by atoms with Gasteiger partial charge in [-0.3, -0.25) is 0 Å².